The molecule has 0 radical (unpaired) electrons. The summed E-state index contributed by atoms with van der Waals surface area (Å²) in [4.78, 5) is 25.5. The number of carbonyl (C=O) groups excluding carboxylic acids is 2. The smallest absolute Gasteiger partial charge is 0.459 e. The third-order valence-corrected chi connectivity index (χ3v) is 5.34. The first-order chi connectivity index (χ1) is 15.0. The predicted molar refractivity (Wildman–Crippen MR) is 111 cm³/mol. The Morgan fingerprint density at radius 1 is 1.25 bits per heavy atom. The van der Waals surface area contributed by atoms with Gasteiger partial charge in [-0.2, -0.15) is 13.2 Å². The van der Waals surface area contributed by atoms with Gasteiger partial charge >= 0.3 is 19.3 Å². The second kappa shape index (κ2) is 9.34. The first-order valence-corrected chi connectivity index (χ1v) is 10.0. The van der Waals surface area contributed by atoms with Crippen molar-refractivity contribution >= 4 is 24.5 Å². The van der Waals surface area contributed by atoms with Crippen molar-refractivity contribution in [2.45, 2.75) is 46.2 Å². The zero-order valence-corrected chi connectivity index (χ0v) is 17.8. The van der Waals surface area contributed by atoms with Crippen molar-refractivity contribution in [1.29, 1.82) is 0 Å². The van der Waals surface area contributed by atoms with Gasteiger partial charge in [0.2, 0.25) is 0 Å². The summed E-state index contributed by atoms with van der Waals surface area (Å²) in [5.74, 6) is -1.62. The maximum Gasteiger partial charge on any atom is 0.492 e. The van der Waals surface area contributed by atoms with Gasteiger partial charge in [-0.05, 0) is 53.2 Å². The highest BCUT2D eigenvalue weighted by Crippen LogP contribution is 2.29. The van der Waals surface area contributed by atoms with Crippen LogP contribution in [0.2, 0.25) is 0 Å². The van der Waals surface area contributed by atoms with E-state index in [1.54, 1.807) is 32.9 Å². The maximum absolute atomic E-state index is 12.9. The van der Waals surface area contributed by atoms with Crippen molar-refractivity contribution in [2.75, 3.05) is 0 Å². The molecule has 2 aromatic rings. The van der Waals surface area contributed by atoms with Gasteiger partial charge in [-0.1, -0.05) is 32.0 Å². The molecule has 170 valence electrons. The molecule has 32 heavy (non-hydrogen) atoms. The van der Waals surface area contributed by atoms with Crippen molar-refractivity contribution in [3.8, 4) is 0 Å². The van der Waals surface area contributed by atoms with Crippen LogP contribution in [-0.2, 0) is 33.6 Å². The van der Waals surface area contributed by atoms with Crippen LogP contribution >= 0.6 is 0 Å². The lowest BCUT2D eigenvalue weighted by atomic mass is 9.75. The Kier molecular flexibility index (Phi) is 6.95. The van der Waals surface area contributed by atoms with Gasteiger partial charge in [-0.15, -0.1) is 0 Å². The van der Waals surface area contributed by atoms with E-state index in [1.807, 2.05) is 0 Å². The van der Waals surface area contributed by atoms with Gasteiger partial charge in [0.25, 0.3) is 5.91 Å². The highest BCUT2D eigenvalue weighted by Gasteiger charge is 2.33. The van der Waals surface area contributed by atoms with Crippen molar-refractivity contribution in [3.63, 3.8) is 0 Å². The van der Waals surface area contributed by atoms with Crippen LogP contribution in [0.5, 0.6) is 0 Å². The molecule has 1 amide bonds. The number of rotatable bonds is 6. The first-order valence-electron chi connectivity index (χ1n) is 10.0. The van der Waals surface area contributed by atoms with Gasteiger partial charge in [0.1, 0.15) is 12.6 Å². The largest absolute Gasteiger partial charge is 0.492 e. The molecule has 1 atom stereocenters. The molecular formula is C22H23BF3NO5. The van der Waals surface area contributed by atoms with Gasteiger partial charge in [-0.3, -0.25) is 4.79 Å². The molecule has 2 N–H and O–H groups in total. The molecule has 0 fully saturated rings. The van der Waals surface area contributed by atoms with Gasteiger partial charge in [0.15, 0.2) is 0 Å². The van der Waals surface area contributed by atoms with Crippen molar-refractivity contribution in [1.82, 2.24) is 5.32 Å². The molecule has 0 saturated carbocycles. The van der Waals surface area contributed by atoms with E-state index >= 15 is 0 Å². The van der Waals surface area contributed by atoms with Crippen LogP contribution < -0.4 is 10.8 Å². The molecule has 2 aromatic carbocycles. The third-order valence-electron chi connectivity index (χ3n) is 5.34. The van der Waals surface area contributed by atoms with Crippen LogP contribution in [0.25, 0.3) is 0 Å². The predicted octanol–water partition coefficient (Wildman–Crippen LogP) is 2.73. The summed E-state index contributed by atoms with van der Waals surface area (Å²) >= 11 is 0. The average molecular weight is 449 g/mol. The lowest BCUT2D eigenvalue weighted by molar-refractivity contribution is -0.148. The molecule has 0 saturated heterocycles. The molecule has 0 unspecified atom stereocenters. The minimum absolute atomic E-state index is 0.186. The van der Waals surface area contributed by atoms with Crippen LogP contribution in [0.3, 0.4) is 0 Å². The number of alkyl halides is 3. The lowest BCUT2D eigenvalue weighted by Crippen LogP contribution is -2.46. The van der Waals surface area contributed by atoms with E-state index in [0.717, 1.165) is 17.7 Å². The third kappa shape index (κ3) is 5.13. The summed E-state index contributed by atoms with van der Waals surface area (Å²) in [6, 6.07) is 6.78. The minimum atomic E-state index is -4.50. The number of halogens is 3. The van der Waals surface area contributed by atoms with Crippen LogP contribution in [-0.4, -0.2) is 30.1 Å². The Bertz CT molecular complexity index is 1030. The Labute approximate surface area is 183 Å². The Balaban J connectivity index is 1.70. The van der Waals surface area contributed by atoms with Gasteiger partial charge in [0.05, 0.1) is 12.2 Å². The van der Waals surface area contributed by atoms with Crippen LogP contribution in [0.15, 0.2) is 36.4 Å². The number of fused-ring (bicyclic) bond motifs is 1. The molecule has 0 bridgehead atoms. The lowest BCUT2D eigenvalue weighted by Gasteiger charge is -2.22. The topological polar surface area (TPSA) is 84.9 Å². The Morgan fingerprint density at radius 2 is 1.97 bits per heavy atom. The minimum Gasteiger partial charge on any atom is -0.459 e. The van der Waals surface area contributed by atoms with E-state index in [2.05, 4.69) is 5.32 Å². The molecule has 1 aliphatic rings. The van der Waals surface area contributed by atoms with Gasteiger partial charge in [0, 0.05) is 5.56 Å². The summed E-state index contributed by atoms with van der Waals surface area (Å²) in [6.07, 6.45) is -4.50. The van der Waals surface area contributed by atoms with E-state index < -0.39 is 36.8 Å². The maximum atomic E-state index is 12.9. The second-order valence-electron chi connectivity index (χ2n) is 7.98. The normalized spacial score (nSPS) is 14.3. The number of nitrogens with one attached hydrogen (secondary N) is 1. The van der Waals surface area contributed by atoms with Crippen molar-refractivity contribution in [3.05, 3.63) is 64.2 Å². The highest BCUT2D eigenvalue weighted by molar-refractivity contribution is 6.62. The first kappa shape index (κ1) is 23.8. The van der Waals surface area contributed by atoms with Crippen molar-refractivity contribution in [2.24, 2.45) is 5.92 Å². The fourth-order valence-corrected chi connectivity index (χ4v) is 3.55. The van der Waals surface area contributed by atoms with Crippen molar-refractivity contribution < 1.29 is 37.2 Å². The fourth-order valence-electron chi connectivity index (χ4n) is 3.55. The number of hydrogen-bond donors (Lipinski definition) is 2. The molecule has 1 aliphatic heterocycles. The SMILES string of the molecule is Cc1c(C(=O)N[C@H](C(=O)OCc2cccc(C(F)(F)F)c2)C(C)C)ccc2c1B(O)OC2. The van der Waals surface area contributed by atoms with E-state index in [1.165, 1.54) is 12.1 Å². The quantitative estimate of drug-likeness (QED) is 0.524. The molecular weight excluding hydrogens is 426 g/mol. The summed E-state index contributed by atoms with van der Waals surface area (Å²) in [7, 11) is -1.11. The van der Waals surface area contributed by atoms with E-state index in [0.29, 0.717) is 11.0 Å². The molecule has 3 rings (SSSR count). The zero-order chi connectivity index (χ0) is 23.6. The molecule has 1 heterocycles. The summed E-state index contributed by atoms with van der Waals surface area (Å²) in [6.45, 7) is 4.99. The Hall–Kier alpha value is -2.85. The number of carbonyl (C=O) groups is 2. The summed E-state index contributed by atoms with van der Waals surface area (Å²) in [5, 5.41) is 12.6. The van der Waals surface area contributed by atoms with Gasteiger partial charge in [-0.25, -0.2) is 4.79 Å². The molecule has 0 aromatic heterocycles. The fraction of sp³-hybridized carbons (Fsp3) is 0.364. The number of esters is 1. The number of amides is 1. The van der Waals surface area contributed by atoms with Gasteiger partial charge < -0.3 is 19.7 Å². The number of hydrogen-bond acceptors (Lipinski definition) is 5. The highest BCUT2D eigenvalue weighted by atomic mass is 19.4. The number of ether oxygens (including phenoxy) is 1. The van der Waals surface area contributed by atoms with Crippen LogP contribution in [0.1, 0.15) is 46.5 Å². The molecule has 0 spiro atoms. The molecule has 10 heteroatoms. The average Bonchev–Trinajstić information content (AvgIpc) is 3.11. The summed E-state index contributed by atoms with van der Waals surface area (Å²) < 4.78 is 49.0. The standard InChI is InChI=1S/C22H23BF3NO5/c1-12(2)19(21(29)31-10-14-5-4-6-16(9-14)22(24,25)26)27-20(28)17-8-7-15-11-32-23(30)18(15)13(17)3/h4-9,12,19,30H,10-11H2,1-3H3,(H,27,28)/t19-/m0/s1. The monoisotopic (exact) mass is 449 g/mol. The second-order valence-corrected chi connectivity index (χ2v) is 7.98. The van der Waals surface area contributed by atoms with E-state index in [-0.39, 0.29) is 30.3 Å². The Morgan fingerprint density at radius 3 is 2.62 bits per heavy atom. The number of benzene rings is 2. The van der Waals surface area contributed by atoms with E-state index in [9.17, 15) is 27.8 Å². The molecule has 6 nitrogen and oxygen atoms in total. The van der Waals surface area contributed by atoms with E-state index in [4.69, 9.17) is 9.39 Å². The van der Waals surface area contributed by atoms with Crippen LogP contribution in [0, 0.1) is 12.8 Å². The molecule has 0 aliphatic carbocycles. The van der Waals surface area contributed by atoms with Crippen LogP contribution in [0.4, 0.5) is 13.2 Å². The summed E-state index contributed by atoms with van der Waals surface area (Å²) in [5.41, 5.74) is 1.50. The zero-order valence-electron chi connectivity index (χ0n) is 17.8.